The maximum atomic E-state index is 12.3. The Morgan fingerprint density at radius 1 is 1.30 bits per heavy atom. The first kappa shape index (κ1) is 15.0. The number of aryl methyl sites for hydroxylation is 1. The maximum Gasteiger partial charge on any atom is 0.341 e. The topological polar surface area (TPSA) is 55.4 Å². The fourth-order valence-electron chi connectivity index (χ4n) is 2.36. The van der Waals surface area contributed by atoms with Crippen LogP contribution in [-0.2, 0) is 22.4 Å². The lowest BCUT2D eigenvalue weighted by Crippen LogP contribution is -2.17. The van der Waals surface area contributed by atoms with E-state index >= 15 is 0 Å². The minimum atomic E-state index is -0.314. The monoisotopic (exact) mass is 295 g/mol. The SMILES string of the molecule is CCC(=O)Nc1sc2c(c1C(=O)OC(C)C)CCCC2. The van der Waals surface area contributed by atoms with Gasteiger partial charge >= 0.3 is 5.97 Å². The van der Waals surface area contributed by atoms with Crippen LogP contribution in [0.15, 0.2) is 0 Å². The number of thiophene rings is 1. The Morgan fingerprint density at radius 3 is 2.65 bits per heavy atom. The normalized spacial score (nSPS) is 14.0. The summed E-state index contributed by atoms with van der Waals surface area (Å²) in [7, 11) is 0. The molecule has 0 spiro atoms. The molecule has 0 saturated carbocycles. The number of nitrogens with one attached hydrogen (secondary N) is 1. The van der Waals surface area contributed by atoms with Crippen LogP contribution in [-0.4, -0.2) is 18.0 Å². The van der Waals surface area contributed by atoms with E-state index in [9.17, 15) is 9.59 Å². The maximum absolute atomic E-state index is 12.3. The highest BCUT2D eigenvalue weighted by atomic mass is 32.1. The summed E-state index contributed by atoms with van der Waals surface area (Å²) in [5.74, 6) is -0.381. The molecule has 0 fully saturated rings. The molecule has 20 heavy (non-hydrogen) atoms. The number of esters is 1. The van der Waals surface area contributed by atoms with Crippen molar-refractivity contribution in [3.8, 4) is 0 Å². The van der Waals surface area contributed by atoms with Crippen molar-refractivity contribution in [2.75, 3.05) is 5.32 Å². The van der Waals surface area contributed by atoms with Crippen LogP contribution in [0.25, 0.3) is 0 Å². The van der Waals surface area contributed by atoms with Crippen LogP contribution >= 0.6 is 11.3 Å². The first-order chi connectivity index (χ1) is 9.52. The lowest BCUT2D eigenvalue weighted by atomic mass is 9.95. The van der Waals surface area contributed by atoms with Crippen LogP contribution in [0.4, 0.5) is 5.00 Å². The molecule has 0 aliphatic heterocycles. The third kappa shape index (κ3) is 3.20. The molecule has 0 atom stereocenters. The summed E-state index contributed by atoms with van der Waals surface area (Å²) in [6.45, 7) is 5.47. The number of ether oxygens (including phenoxy) is 1. The van der Waals surface area contributed by atoms with Crippen LogP contribution in [0, 0.1) is 0 Å². The summed E-state index contributed by atoms with van der Waals surface area (Å²) in [6.07, 6.45) is 4.37. The van der Waals surface area contributed by atoms with Gasteiger partial charge in [-0.25, -0.2) is 4.79 Å². The first-order valence-electron chi connectivity index (χ1n) is 7.18. The molecule has 1 aliphatic rings. The summed E-state index contributed by atoms with van der Waals surface area (Å²) in [5.41, 5.74) is 1.67. The van der Waals surface area contributed by atoms with Gasteiger partial charge in [-0.3, -0.25) is 4.79 Å². The Labute approximate surface area is 123 Å². The van der Waals surface area contributed by atoms with Crippen LogP contribution in [0.3, 0.4) is 0 Å². The molecule has 1 aromatic heterocycles. The molecule has 5 heteroatoms. The van der Waals surface area contributed by atoms with Crippen molar-refractivity contribution in [1.82, 2.24) is 0 Å². The molecule has 0 unspecified atom stereocenters. The van der Waals surface area contributed by atoms with E-state index in [4.69, 9.17) is 4.74 Å². The average molecular weight is 295 g/mol. The van der Waals surface area contributed by atoms with Gasteiger partial charge in [0.15, 0.2) is 0 Å². The summed E-state index contributed by atoms with van der Waals surface area (Å²) < 4.78 is 5.33. The van der Waals surface area contributed by atoms with Crippen LogP contribution in [0.2, 0.25) is 0 Å². The summed E-state index contributed by atoms with van der Waals surface area (Å²) in [5, 5.41) is 3.51. The number of hydrogen-bond acceptors (Lipinski definition) is 4. The van der Waals surface area contributed by atoms with Crippen molar-refractivity contribution in [3.63, 3.8) is 0 Å². The zero-order valence-electron chi connectivity index (χ0n) is 12.2. The van der Waals surface area contributed by atoms with Crippen LogP contribution in [0.5, 0.6) is 0 Å². The molecule has 0 saturated heterocycles. The third-order valence-corrected chi connectivity index (χ3v) is 4.50. The standard InChI is InChI=1S/C15H21NO3S/c1-4-12(17)16-14-13(15(18)19-9(2)3)10-7-5-6-8-11(10)20-14/h9H,4-8H2,1-3H3,(H,16,17). The Hall–Kier alpha value is -1.36. The fourth-order valence-corrected chi connectivity index (χ4v) is 3.65. The zero-order chi connectivity index (χ0) is 14.7. The average Bonchev–Trinajstić information content (AvgIpc) is 2.75. The molecule has 2 rings (SSSR count). The van der Waals surface area contributed by atoms with E-state index in [1.165, 1.54) is 16.2 Å². The van der Waals surface area contributed by atoms with Gasteiger partial charge < -0.3 is 10.1 Å². The van der Waals surface area contributed by atoms with E-state index in [2.05, 4.69) is 5.32 Å². The molecule has 1 N–H and O–H groups in total. The van der Waals surface area contributed by atoms with Crippen molar-refractivity contribution in [2.24, 2.45) is 0 Å². The van der Waals surface area contributed by atoms with E-state index in [-0.39, 0.29) is 18.0 Å². The molecule has 110 valence electrons. The smallest absolute Gasteiger partial charge is 0.341 e. The highest BCUT2D eigenvalue weighted by molar-refractivity contribution is 7.17. The van der Waals surface area contributed by atoms with Crippen LogP contribution in [0.1, 0.15) is 60.8 Å². The summed E-state index contributed by atoms with van der Waals surface area (Å²) in [4.78, 5) is 25.2. The van der Waals surface area contributed by atoms with Crippen molar-refractivity contribution in [1.29, 1.82) is 0 Å². The van der Waals surface area contributed by atoms with Crippen molar-refractivity contribution < 1.29 is 14.3 Å². The Morgan fingerprint density at radius 2 is 2.00 bits per heavy atom. The van der Waals surface area contributed by atoms with E-state index in [1.807, 2.05) is 13.8 Å². The van der Waals surface area contributed by atoms with E-state index in [1.54, 1.807) is 6.92 Å². The number of carbonyl (C=O) groups excluding carboxylic acids is 2. The summed E-state index contributed by atoms with van der Waals surface area (Å²) in [6, 6.07) is 0. The highest BCUT2D eigenvalue weighted by Crippen LogP contribution is 2.38. The molecule has 1 heterocycles. The minimum absolute atomic E-state index is 0.0674. The van der Waals surface area contributed by atoms with Crippen molar-refractivity contribution in [3.05, 3.63) is 16.0 Å². The second kappa shape index (κ2) is 6.39. The van der Waals surface area contributed by atoms with Gasteiger partial charge in [0.1, 0.15) is 5.00 Å². The molecule has 1 amide bonds. The third-order valence-electron chi connectivity index (χ3n) is 3.29. The van der Waals surface area contributed by atoms with Gasteiger partial charge in [0.2, 0.25) is 5.91 Å². The number of hydrogen-bond donors (Lipinski definition) is 1. The van der Waals surface area contributed by atoms with Gasteiger partial charge in [-0.05, 0) is 45.1 Å². The zero-order valence-corrected chi connectivity index (χ0v) is 13.1. The molecule has 1 aliphatic carbocycles. The quantitative estimate of drug-likeness (QED) is 0.864. The second-order valence-electron chi connectivity index (χ2n) is 5.27. The molecular formula is C15H21NO3S. The number of fused-ring (bicyclic) bond motifs is 1. The van der Waals surface area contributed by atoms with Crippen molar-refractivity contribution in [2.45, 2.75) is 59.0 Å². The van der Waals surface area contributed by atoms with E-state index in [0.717, 1.165) is 31.2 Å². The van der Waals surface area contributed by atoms with Crippen LogP contribution < -0.4 is 5.32 Å². The molecule has 0 radical (unpaired) electrons. The van der Waals surface area contributed by atoms with Gasteiger partial charge in [0.05, 0.1) is 11.7 Å². The number of amides is 1. The lowest BCUT2D eigenvalue weighted by molar-refractivity contribution is -0.115. The molecule has 0 aromatic carbocycles. The second-order valence-corrected chi connectivity index (χ2v) is 6.38. The van der Waals surface area contributed by atoms with E-state index in [0.29, 0.717) is 17.0 Å². The molecule has 1 aromatic rings. The predicted molar refractivity (Wildman–Crippen MR) is 80.4 cm³/mol. The minimum Gasteiger partial charge on any atom is -0.459 e. The largest absolute Gasteiger partial charge is 0.459 e. The Kier molecular flexibility index (Phi) is 4.81. The Bertz CT molecular complexity index is 519. The number of rotatable bonds is 4. The molecule has 4 nitrogen and oxygen atoms in total. The number of anilines is 1. The predicted octanol–water partition coefficient (Wildman–Crippen LogP) is 3.54. The summed E-state index contributed by atoms with van der Waals surface area (Å²) >= 11 is 1.53. The molecule has 0 bridgehead atoms. The van der Waals surface area contributed by atoms with Gasteiger partial charge in [-0.2, -0.15) is 0 Å². The van der Waals surface area contributed by atoms with Gasteiger partial charge in [-0.1, -0.05) is 6.92 Å². The lowest BCUT2D eigenvalue weighted by Gasteiger charge is -2.14. The van der Waals surface area contributed by atoms with Gasteiger partial charge in [-0.15, -0.1) is 11.3 Å². The van der Waals surface area contributed by atoms with Gasteiger partial charge in [0.25, 0.3) is 0 Å². The van der Waals surface area contributed by atoms with E-state index < -0.39 is 0 Å². The Balaban J connectivity index is 2.36. The first-order valence-corrected chi connectivity index (χ1v) is 8.00. The highest BCUT2D eigenvalue weighted by Gasteiger charge is 2.27. The van der Waals surface area contributed by atoms with Gasteiger partial charge in [0, 0.05) is 11.3 Å². The fraction of sp³-hybridized carbons (Fsp3) is 0.600. The number of carbonyl (C=O) groups is 2. The van der Waals surface area contributed by atoms with Crippen molar-refractivity contribution >= 4 is 28.2 Å². The molecular weight excluding hydrogens is 274 g/mol.